The van der Waals surface area contributed by atoms with Gasteiger partial charge < -0.3 is 5.32 Å². The van der Waals surface area contributed by atoms with Crippen LogP contribution in [0.15, 0.2) is 12.1 Å². The third kappa shape index (κ3) is 1.44. The van der Waals surface area contributed by atoms with Gasteiger partial charge in [0, 0.05) is 6.04 Å². The minimum atomic E-state index is -0.755. The molecule has 1 aromatic carbocycles. The van der Waals surface area contributed by atoms with E-state index >= 15 is 0 Å². The molecule has 2 rings (SSSR count). The van der Waals surface area contributed by atoms with Crippen LogP contribution < -0.4 is 5.32 Å². The summed E-state index contributed by atoms with van der Waals surface area (Å²) in [7, 11) is 0. The Balaban J connectivity index is 2.52. The maximum Gasteiger partial charge on any atom is 0.159 e. The summed E-state index contributed by atoms with van der Waals surface area (Å²) < 4.78 is 25.7. The molecule has 0 fully saturated rings. The normalized spacial score (nSPS) is 21.3. The Labute approximate surface area is 75.8 Å². The zero-order valence-electron chi connectivity index (χ0n) is 7.40. The molecule has 0 saturated carbocycles. The van der Waals surface area contributed by atoms with Gasteiger partial charge in [0.05, 0.1) is 0 Å². The lowest BCUT2D eigenvalue weighted by Gasteiger charge is -2.23. The minimum Gasteiger partial charge on any atom is -0.310 e. The van der Waals surface area contributed by atoms with Crippen molar-refractivity contribution in [3.63, 3.8) is 0 Å². The Bertz CT molecular complexity index is 336. The maximum absolute atomic E-state index is 12.9. The topological polar surface area (TPSA) is 12.0 Å². The van der Waals surface area contributed by atoms with Crippen LogP contribution in [0.2, 0.25) is 0 Å². The van der Waals surface area contributed by atoms with Crippen LogP contribution in [0.1, 0.15) is 24.1 Å². The number of nitrogens with one attached hydrogen (secondary N) is 1. The average molecular weight is 183 g/mol. The lowest BCUT2D eigenvalue weighted by atomic mass is 9.95. The minimum absolute atomic E-state index is 0.124. The van der Waals surface area contributed by atoms with E-state index in [-0.39, 0.29) is 6.04 Å². The molecule has 1 aliphatic heterocycles. The average Bonchev–Trinajstić information content (AvgIpc) is 2.09. The van der Waals surface area contributed by atoms with Gasteiger partial charge in [0.2, 0.25) is 0 Å². The summed E-state index contributed by atoms with van der Waals surface area (Å²) in [4.78, 5) is 0. The maximum atomic E-state index is 12.9. The van der Waals surface area contributed by atoms with Crippen LogP contribution in [0.3, 0.4) is 0 Å². The lowest BCUT2D eigenvalue weighted by Crippen LogP contribution is -2.28. The first-order chi connectivity index (χ1) is 6.18. The van der Waals surface area contributed by atoms with Crippen LogP contribution in [0.25, 0.3) is 0 Å². The van der Waals surface area contributed by atoms with E-state index in [1.165, 1.54) is 12.1 Å². The van der Waals surface area contributed by atoms with E-state index in [4.69, 9.17) is 0 Å². The number of hydrogen-bond donors (Lipinski definition) is 1. The van der Waals surface area contributed by atoms with Crippen molar-refractivity contribution in [3.05, 3.63) is 34.9 Å². The van der Waals surface area contributed by atoms with Gasteiger partial charge in [0.15, 0.2) is 11.6 Å². The van der Waals surface area contributed by atoms with Crippen LogP contribution >= 0.6 is 0 Å². The van der Waals surface area contributed by atoms with Gasteiger partial charge in [-0.2, -0.15) is 0 Å². The number of hydrogen-bond acceptors (Lipinski definition) is 1. The molecular formula is C10H11F2N. The van der Waals surface area contributed by atoms with Crippen LogP contribution in [0.4, 0.5) is 8.78 Å². The van der Waals surface area contributed by atoms with E-state index in [0.29, 0.717) is 0 Å². The Morgan fingerprint density at radius 3 is 2.77 bits per heavy atom. The molecule has 0 aromatic heterocycles. The molecule has 0 saturated heterocycles. The smallest absolute Gasteiger partial charge is 0.159 e. The molecule has 1 aromatic rings. The summed E-state index contributed by atoms with van der Waals surface area (Å²) in [5.74, 6) is -1.50. The van der Waals surface area contributed by atoms with Crippen molar-refractivity contribution in [1.82, 2.24) is 5.32 Å². The predicted octanol–water partition coefficient (Wildman–Crippen LogP) is 2.17. The van der Waals surface area contributed by atoms with Crippen LogP contribution in [0.5, 0.6) is 0 Å². The van der Waals surface area contributed by atoms with E-state index in [1.807, 2.05) is 6.92 Å². The highest BCUT2D eigenvalue weighted by Gasteiger charge is 2.18. The first-order valence-corrected chi connectivity index (χ1v) is 4.39. The Kier molecular flexibility index (Phi) is 2.04. The van der Waals surface area contributed by atoms with Gasteiger partial charge in [0.25, 0.3) is 0 Å². The van der Waals surface area contributed by atoms with Gasteiger partial charge in [-0.05, 0) is 43.1 Å². The monoisotopic (exact) mass is 183 g/mol. The van der Waals surface area contributed by atoms with Crippen molar-refractivity contribution in [2.45, 2.75) is 19.4 Å². The first-order valence-electron chi connectivity index (χ1n) is 4.39. The third-order valence-corrected chi connectivity index (χ3v) is 2.49. The summed E-state index contributed by atoms with van der Waals surface area (Å²) in [6.45, 7) is 2.79. The molecule has 1 atom stereocenters. The quantitative estimate of drug-likeness (QED) is 0.650. The largest absolute Gasteiger partial charge is 0.310 e. The molecule has 1 heterocycles. The molecule has 0 unspecified atom stereocenters. The molecular weight excluding hydrogens is 172 g/mol. The van der Waals surface area contributed by atoms with E-state index in [9.17, 15) is 8.78 Å². The fraction of sp³-hybridized carbons (Fsp3) is 0.400. The highest BCUT2D eigenvalue weighted by molar-refractivity contribution is 5.33. The predicted molar refractivity (Wildman–Crippen MR) is 46.5 cm³/mol. The Morgan fingerprint density at radius 2 is 2.00 bits per heavy atom. The highest BCUT2D eigenvalue weighted by atomic mass is 19.2. The second kappa shape index (κ2) is 3.07. The molecule has 0 bridgehead atoms. The molecule has 0 spiro atoms. The SMILES string of the molecule is C[C@H]1NCCc2cc(F)c(F)cc21. The number of fused-ring (bicyclic) bond motifs is 1. The zero-order valence-corrected chi connectivity index (χ0v) is 7.40. The fourth-order valence-electron chi connectivity index (χ4n) is 1.76. The van der Waals surface area contributed by atoms with Gasteiger partial charge in [0.1, 0.15) is 0 Å². The number of rotatable bonds is 0. The summed E-state index contributed by atoms with van der Waals surface area (Å²) in [5.41, 5.74) is 1.80. The van der Waals surface area contributed by atoms with Crippen LogP contribution in [0, 0.1) is 11.6 Å². The number of halogens is 2. The van der Waals surface area contributed by atoms with Crippen molar-refractivity contribution in [2.75, 3.05) is 6.54 Å². The third-order valence-electron chi connectivity index (χ3n) is 2.49. The molecule has 0 aliphatic carbocycles. The standard InChI is InChI=1S/C10H11F2N/c1-6-8-5-10(12)9(11)4-7(8)2-3-13-6/h4-6,13H,2-3H2,1H3/t6-/m1/s1. The first kappa shape index (κ1) is 8.63. The number of benzene rings is 1. The molecule has 0 radical (unpaired) electrons. The van der Waals surface area contributed by atoms with Crippen molar-refractivity contribution < 1.29 is 8.78 Å². The summed E-state index contributed by atoms with van der Waals surface area (Å²) >= 11 is 0. The molecule has 0 amide bonds. The van der Waals surface area contributed by atoms with E-state index in [0.717, 1.165) is 24.1 Å². The van der Waals surface area contributed by atoms with Gasteiger partial charge in [-0.3, -0.25) is 0 Å². The van der Waals surface area contributed by atoms with Gasteiger partial charge in [-0.25, -0.2) is 8.78 Å². The zero-order chi connectivity index (χ0) is 9.42. The summed E-state index contributed by atoms with van der Waals surface area (Å²) in [6, 6.07) is 2.72. The van der Waals surface area contributed by atoms with E-state index in [2.05, 4.69) is 5.32 Å². The van der Waals surface area contributed by atoms with Crippen molar-refractivity contribution in [3.8, 4) is 0 Å². The summed E-state index contributed by atoms with van der Waals surface area (Å²) in [6.07, 6.45) is 0.775. The van der Waals surface area contributed by atoms with Crippen LogP contribution in [-0.4, -0.2) is 6.54 Å². The molecule has 1 nitrogen and oxygen atoms in total. The Hall–Kier alpha value is -0.960. The van der Waals surface area contributed by atoms with Gasteiger partial charge in [-0.1, -0.05) is 0 Å². The van der Waals surface area contributed by atoms with Crippen molar-refractivity contribution >= 4 is 0 Å². The van der Waals surface area contributed by atoms with Gasteiger partial charge in [-0.15, -0.1) is 0 Å². The molecule has 13 heavy (non-hydrogen) atoms. The second-order valence-electron chi connectivity index (χ2n) is 3.39. The summed E-state index contributed by atoms with van der Waals surface area (Å²) in [5, 5.41) is 3.20. The lowest BCUT2D eigenvalue weighted by molar-refractivity contribution is 0.487. The fourth-order valence-corrected chi connectivity index (χ4v) is 1.76. The molecule has 1 aliphatic rings. The van der Waals surface area contributed by atoms with E-state index < -0.39 is 11.6 Å². The second-order valence-corrected chi connectivity index (χ2v) is 3.39. The van der Waals surface area contributed by atoms with Crippen molar-refractivity contribution in [2.24, 2.45) is 0 Å². The van der Waals surface area contributed by atoms with Gasteiger partial charge >= 0.3 is 0 Å². The highest BCUT2D eigenvalue weighted by Crippen LogP contribution is 2.24. The Morgan fingerprint density at radius 1 is 1.31 bits per heavy atom. The van der Waals surface area contributed by atoms with Crippen LogP contribution in [-0.2, 0) is 6.42 Å². The molecule has 70 valence electrons. The van der Waals surface area contributed by atoms with E-state index in [1.54, 1.807) is 0 Å². The molecule has 1 N–H and O–H groups in total. The van der Waals surface area contributed by atoms with Crippen molar-refractivity contribution in [1.29, 1.82) is 0 Å². The molecule has 3 heteroatoms.